The lowest BCUT2D eigenvalue weighted by Crippen LogP contribution is -2.35. The Labute approximate surface area is 175 Å². The Bertz CT molecular complexity index is 944. The van der Waals surface area contributed by atoms with E-state index in [-0.39, 0.29) is 16.6 Å². The molecule has 5 nitrogen and oxygen atoms in total. The van der Waals surface area contributed by atoms with E-state index in [1.807, 2.05) is 0 Å². The SMILES string of the molecule is O=C(NCCSCc1ccccc1F)c1cccc(S(=O)(=O)N2CCCCC2)c1. The van der Waals surface area contributed by atoms with E-state index in [2.05, 4.69) is 5.32 Å². The minimum absolute atomic E-state index is 0.154. The number of hydrogen-bond acceptors (Lipinski definition) is 4. The van der Waals surface area contributed by atoms with Crippen LogP contribution in [-0.2, 0) is 15.8 Å². The van der Waals surface area contributed by atoms with Crippen LogP contribution >= 0.6 is 11.8 Å². The molecule has 0 aliphatic carbocycles. The van der Waals surface area contributed by atoms with Gasteiger partial charge in [-0.15, -0.1) is 0 Å². The number of thioether (sulfide) groups is 1. The van der Waals surface area contributed by atoms with E-state index < -0.39 is 10.0 Å². The topological polar surface area (TPSA) is 66.5 Å². The van der Waals surface area contributed by atoms with Crippen molar-refractivity contribution in [3.05, 3.63) is 65.5 Å². The van der Waals surface area contributed by atoms with Crippen LogP contribution in [0.4, 0.5) is 4.39 Å². The predicted octanol–water partition coefficient (Wildman–Crippen LogP) is 3.66. The third kappa shape index (κ3) is 5.81. The number of halogens is 1. The molecule has 0 aromatic heterocycles. The fraction of sp³-hybridized carbons (Fsp3) is 0.381. The first-order valence-corrected chi connectivity index (χ1v) is 12.3. The van der Waals surface area contributed by atoms with Gasteiger partial charge in [0, 0.05) is 36.7 Å². The van der Waals surface area contributed by atoms with E-state index in [1.54, 1.807) is 30.3 Å². The zero-order chi connectivity index (χ0) is 20.7. The molecular weight excluding hydrogens is 411 g/mol. The molecule has 0 atom stereocenters. The summed E-state index contributed by atoms with van der Waals surface area (Å²) < 4.78 is 40.6. The molecule has 0 radical (unpaired) electrons. The summed E-state index contributed by atoms with van der Waals surface area (Å²) >= 11 is 1.53. The molecule has 1 aliphatic heterocycles. The summed E-state index contributed by atoms with van der Waals surface area (Å²) in [6.07, 6.45) is 2.78. The monoisotopic (exact) mass is 436 g/mol. The van der Waals surface area contributed by atoms with Gasteiger partial charge in [0.15, 0.2) is 0 Å². The molecule has 0 saturated carbocycles. The lowest BCUT2D eigenvalue weighted by molar-refractivity contribution is 0.0956. The van der Waals surface area contributed by atoms with Gasteiger partial charge in [-0.25, -0.2) is 12.8 Å². The molecule has 1 amide bonds. The maximum atomic E-state index is 13.6. The number of hydrogen-bond donors (Lipinski definition) is 1. The van der Waals surface area contributed by atoms with Gasteiger partial charge in [-0.1, -0.05) is 30.7 Å². The smallest absolute Gasteiger partial charge is 0.251 e. The summed E-state index contributed by atoms with van der Waals surface area (Å²) in [5.74, 6) is 0.626. The first-order valence-electron chi connectivity index (χ1n) is 9.68. The van der Waals surface area contributed by atoms with Crippen LogP contribution in [0.2, 0.25) is 0 Å². The van der Waals surface area contributed by atoms with Gasteiger partial charge in [0.25, 0.3) is 5.91 Å². The van der Waals surface area contributed by atoms with Crippen molar-refractivity contribution >= 4 is 27.7 Å². The average Bonchev–Trinajstić information content (AvgIpc) is 2.75. The van der Waals surface area contributed by atoms with Crippen molar-refractivity contribution in [1.82, 2.24) is 9.62 Å². The van der Waals surface area contributed by atoms with Gasteiger partial charge in [0.1, 0.15) is 5.82 Å². The van der Waals surface area contributed by atoms with Crippen LogP contribution in [0.1, 0.15) is 35.2 Å². The Balaban J connectivity index is 1.52. The maximum absolute atomic E-state index is 13.6. The standard InChI is InChI=1S/C21H25FN2O3S2/c22-20-10-3-2-7-18(20)16-28-14-11-23-21(25)17-8-6-9-19(15-17)29(26,27)24-12-4-1-5-13-24/h2-3,6-10,15H,1,4-5,11-14,16H2,(H,23,25). The summed E-state index contributed by atoms with van der Waals surface area (Å²) in [6.45, 7) is 1.47. The van der Waals surface area contributed by atoms with Crippen LogP contribution in [-0.4, -0.2) is 44.0 Å². The number of benzene rings is 2. The molecule has 8 heteroatoms. The number of carbonyl (C=O) groups excluding carboxylic acids is 1. The molecule has 29 heavy (non-hydrogen) atoms. The van der Waals surface area contributed by atoms with Gasteiger partial charge in [-0.2, -0.15) is 16.1 Å². The average molecular weight is 437 g/mol. The second-order valence-corrected chi connectivity index (χ2v) is 9.94. The van der Waals surface area contributed by atoms with Crippen LogP contribution in [0.5, 0.6) is 0 Å². The highest BCUT2D eigenvalue weighted by molar-refractivity contribution is 7.98. The second-order valence-electron chi connectivity index (χ2n) is 6.89. The number of rotatable bonds is 8. The van der Waals surface area contributed by atoms with Crippen LogP contribution in [0.25, 0.3) is 0 Å². The summed E-state index contributed by atoms with van der Waals surface area (Å²) in [7, 11) is -3.57. The van der Waals surface area contributed by atoms with Crippen molar-refractivity contribution in [2.75, 3.05) is 25.4 Å². The Morgan fingerprint density at radius 3 is 2.59 bits per heavy atom. The Morgan fingerprint density at radius 2 is 1.83 bits per heavy atom. The molecule has 2 aromatic rings. The van der Waals surface area contributed by atoms with Crippen LogP contribution in [0.3, 0.4) is 0 Å². The second kappa shape index (κ2) is 10.2. The zero-order valence-corrected chi connectivity index (χ0v) is 17.8. The number of sulfonamides is 1. The fourth-order valence-corrected chi connectivity index (χ4v) is 5.60. The maximum Gasteiger partial charge on any atom is 0.251 e. The molecule has 1 heterocycles. The Hall–Kier alpha value is -1.90. The van der Waals surface area contributed by atoms with Crippen molar-refractivity contribution in [3.8, 4) is 0 Å². The number of nitrogens with zero attached hydrogens (tertiary/aromatic N) is 1. The highest BCUT2D eigenvalue weighted by atomic mass is 32.2. The molecular formula is C21H25FN2O3S2. The summed E-state index contributed by atoms with van der Waals surface area (Å²) in [5.41, 5.74) is 0.960. The van der Waals surface area contributed by atoms with Crippen LogP contribution in [0, 0.1) is 5.82 Å². The molecule has 0 spiro atoms. The highest BCUT2D eigenvalue weighted by Crippen LogP contribution is 2.21. The fourth-order valence-electron chi connectivity index (χ4n) is 3.19. The van der Waals surface area contributed by atoms with Crippen molar-refractivity contribution in [1.29, 1.82) is 0 Å². The molecule has 156 valence electrons. The molecule has 1 aliphatic rings. The highest BCUT2D eigenvalue weighted by Gasteiger charge is 2.26. The van der Waals surface area contributed by atoms with Gasteiger partial charge < -0.3 is 5.32 Å². The molecule has 1 N–H and O–H groups in total. The molecule has 0 unspecified atom stereocenters. The third-order valence-electron chi connectivity index (χ3n) is 4.80. The summed E-state index contributed by atoms with van der Waals surface area (Å²) in [6, 6.07) is 12.8. The first-order chi connectivity index (χ1) is 14.0. The predicted molar refractivity (Wildman–Crippen MR) is 114 cm³/mol. The van der Waals surface area contributed by atoms with Crippen LogP contribution in [0.15, 0.2) is 53.4 Å². The number of piperidine rings is 1. The van der Waals surface area contributed by atoms with Gasteiger partial charge >= 0.3 is 0 Å². The van der Waals surface area contributed by atoms with Gasteiger partial charge in [0.05, 0.1) is 4.90 Å². The third-order valence-corrected chi connectivity index (χ3v) is 7.70. The van der Waals surface area contributed by atoms with Crippen molar-refractivity contribution in [3.63, 3.8) is 0 Å². The largest absolute Gasteiger partial charge is 0.351 e. The van der Waals surface area contributed by atoms with E-state index in [0.717, 1.165) is 19.3 Å². The normalized spacial score (nSPS) is 15.2. The molecule has 2 aromatic carbocycles. The molecule has 1 fully saturated rings. The van der Waals surface area contributed by atoms with E-state index in [1.165, 1.54) is 34.3 Å². The summed E-state index contributed by atoms with van der Waals surface area (Å²) in [5, 5.41) is 2.80. The van der Waals surface area contributed by atoms with Crippen LogP contribution < -0.4 is 5.32 Å². The van der Waals surface area contributed by atoms with Gasteiger partial charge in [-0.05, 0) is 42.7 Å². The summed E-state index contributed by atoms with van der Waals surface area (Å²) in [4.78, 5) is 12.6. The van der Waals surface area contributed by atoms with E-state index in [9.17, 15) is 17.6 Å². The van der Waals surface area contributed by atoms with Crippen molar-refractivity contribution in [2.45, 2.75) is 29.9 Å². The molecule has 3 rings (SSSR count). The van der Waals surface area contributed by atoms with E-state index >= 15 is 0 Å². The molecule has 0 bridgehead atoms. The lowest BCUT2D eigenvalue weighted by Gasteiger charge is -2.26. The van der Waals surface area contributed by atoms with Crippen molar-refractivity contribution in [2.24, 2.45) is 0 Å². The number of amides is 1. The molecule has 1 saturated heterocycles. The lowest BCUT2D eigenvalue weighted by atomic mass is 10.2. The number of nitrogens with one attached hydrogen (secondary N) is 1. The van der Waals surface area contributed by atoms with E-state index in [0.29, 0.717) is 42.3 Å². The first kappa shape index (κ1) is 21.8. The van der Waals surface area contributed by atoms with Gasteiger partial charge in [0.2, 0.25) is 10.0 Å². The Morgan fingerprint density at radius 1 is 1.07 bits per heavy atom. The minimum atomic E-state index is -3.57. The minimum Gasteiger partial charge on any atom is -0.351 e. The Kier molecular flexibility index (Phi) is 7.69. The quantitative estimate of drug-likeness (QED) is 0.642. The van der Waals surface area contributed by atoms with Crippen molar-refractivity contribution < 1.29 is 17.6 Å². The van der Waals surface area contributed by atoms with E-state index in [4.69, 9.17) is 0 Å². The van der Waals surface area contributed by atoms with Gasteiger partial charge in [-0.3, -0.25) is 4.79 Å². The zero-order valence-electron chi connectivity index (χ0n) is 16.1. The number of carbonyl (C=O) groups is 1.